The van der Waals surface area contributed by atoms with Crippen LogP contribution < -0.4 is 11.1 Å². The molecule has 0 amide bonds. The molecule has 0 atom stereocenters. The lowest BCUT2D eigenvalue weighted by Gasteiger charge is -2.11. The lowest BCUT2D eigenvalue weighted by Crippen LogP contribution is -2.02. The fourth-order valence-electron chi connectivity index (χ4n) is 2.49. The molecule has 0 radical (unpaired) electrons. The number of fused-ring (bicyclic) bond motifs is 1. The molecule has 1 heterocycles. The lowest BCUT2D eigenvalue weighted by molar-refractivity contribution is 0.617. The van der Waals surface area contributed by atoms with Gasteiger partial charge in [-0.2, -0.15) is 0 Å². The third-order valence-corrected chi connectivity index (χ3v) is 3.70. The average Bonchev–Trinajstić information content (AvgIpc) is 2.49. The molecule has 3 nitrogen and oxygen atoms in total. The van der Waals surface area contributed by atoms with Crippen LogP contribution in [0.1, 0.15) is 45.4 Å². The van der Waals surface area contributed by atoms with E-state index in [1.165, 1.54) is 38.5 Å². The Balaban J connectivity index is 1.86. The van der Waals surface area contributed by atoms with E-state index in [1.807, 2.05) is 24.5 Å². The Labute approximate surface area is 121 Å². The molecule has 0 unspecified atom stereocenters. The van der Waals surface area contributed by atoms with Gasteiger partial charge in [0, 0.05) is 41.1 Å². The van der Waals surface area contributed by atoms with Crippen LogP contribution in [-0.4, -0.2) is 11.5 Å². The van der Waals surface area contributed by atoms with E-state index in [9.17, 15) is 0 Å². The van der Waals surface area contributed by atoms with Gasteiger partial charge in [-0.1, -0.05) is 39.0 Å². The number of aromatic nitrogens is 1. The van der Waals surface area contributed by atoms with Gasteiger partial charge in [0.15, 0.2) is 0 Å². The van der Waals surface area contributed by atoms with Crippen molar-refractivity contribution in [2.24, 2.45) is 0 Å². The van der Waals surface area contributed by atoms with E-state index in [0.717, 1.165) is 28.7 Å². The number of nitrogens with two attached hydrogens (primary N) is 1. The first kappa shape index (κ1) is 14.6. The smallest absolute Gasteiger partial charge is 0.0422 e. The van der Waals surface area contributed by atoms with Gasteiger partial charge in [-0.05, 0) is 24.6 Å². The van der Waals surface area contributed by atoms with Crippen molar-refractivity contribution in [1.29, 1.82) is 0 Å². The van der Waals surface area contributed by atoms with Gasteiger partial charge in [-0.3, -0.25) is 4.98 Å². The molecule has 1 aromatic carbocycles. The van der Waals surface area contributed by atoms with E-state index in [-0.39, 0.29) is 0 Å². The summed E-state index contributed by atoms with van der Waals surface area (Å²) in [6.07, 6.45) is 11.6. The Hall–Kier alpha value is -1.77. The number of nitrogen functional groups attached to an aromatic ring is 1. The standard InChI is InChI=1S/C17H25N3/c1-2-3-4-5-6-7-11-20-17-9-8-16(18)15-13-19-12-10-14(15)17/h8-10,12-13,20H,2-7,11,18H2,1H3. The number of nitrogens with one attached hydrogen (secondary N) is 1. The van der Waals surface area contributed by atoms with Gasteiger partial charge in [0.05, 0.1) is 0 Å². The Bertz CT molecular complexity index is 537. The van der Waals surface area contributed by atoms with E-state index in [2.05, 4.69) is 23.3 Å². The molecular weight excluding hydrogens is 246 g/mol. The van der Waals surface area contributed by atoms with Gasteiger partial charge < -0.3 is 11.1 Å². The summed E-state index contributed by atoms with van der Waals surface area (Å²) in [4.78, 5) is 4.15. The molecule has 0 aliphatic carbocycles. The molecule has 0 fully saturated rings. The van der Waals surface area contributed by atoms with Crippen molar-refractivity contribution in [3.05, 3.63) is 30.6 Å². The van der Waals surface area contributed by atoms with Gasteiger partial charge in [-0.15, -0.1) is 0 Å². The maximum Gasteiger partial charge on any atom is 0.0422 e. The minimum atomic E-state index is 0.790. The number of benzene rings is 1. The van der Waals surface area contributed by atoms with Crippen molar-refractivity contribution in [3.8, 4) is 0 Å². The fraction of sp³-hybridized carbons (Fsp3) is 0.471. The summed E-state index contributed by atoms with van der Waals surface area (Å²) in [5, 5.41) is 5.71. The fourth-order valence-corrected chi connectivity index (χ4v) is 2.49. The van der Waals surface area contributed by atoms with E-state index < -0.39 is 0 Å². The van der Waals surface area contributed by atoms with Crippen molar-refractivity contribution in [2.45, 2.75) is 45.4 Å². The van der Waals surface area contributed by atoms with E-state index in [4.69, 9.17) is 5.73 Å². The van der Waals surface area contributed by atoms with Crippen LogP contribution in [-0.2, 0) is 0 Å². The minimum absolute atomic E-state index is 0.790. The molecule has 2 aromatic rings. The lowest BCUT2D eigenvalue weighted by atomic mass is 10.1. The van der Waals surface area contributed by atoms with Crippen LogP contribution in [0.3, 0.4) is 0 Å². The van der Waals surface area contributed by atoms with Gasteiger partial charge in [-0.25, -0.2) is 0 Å². The second-order valence-corrected chi connectivity index (χ2v) is 5.32. The van der Waals surface area contributed by atoms with Crippen molar-refractivity contribution in [3.63, 3.8) is 0 Å². The molecule has 2 rings (SSSR count). The first-order valence-corrected chi connectivity index (χ1v) is 7.69. The highest BCUT2D eigenvalue weighted by Crippen LogP contribution is 2.27. The monoisotopic (exact) mass is 271 g/mol. The number of unbranched alkanes of at least 4 members (excludes halogenated alkanes) is 5. The topological polar surface area (TPSA) is 50.9 Å². The predicted octanol–water partition coefficient (Wildman–Crippen LogP) is 4.59. The minimum Gasteiger partial charge on any atom is -0.398 e. The molecule has 0 bridgehead atoms. The molecule has 3 heteroatoms. The molecule has 0 aliphatic rings. The van der Waals surface area contributed by atoms with Crippen LogP contribution in [0, 0.1) is 0 Å². The number of rotatable bonds is 8. The SMILES string of the molecule is CCCCCCCCNc1ccc(N)c2cnccc12. The van der Waals surface area contributed by atoms with Crippen LogP contribution in [0.5, 0.6) is 0 Å². The van der Waals surface area contributed by atoms with Crippen molar-refractivity contribution in [1.82, 2.24) is 4.98 Å². The van der Waals surface area contributed by atoms with Crippen LogP contribution >= 0.6 is 0 Å². The Morgan fingerprint density at radius 3 is 2.65 bits per heavy atom. The summed E-state index contributed by atoms with van der Waals surface area (Å²) in [7, 11) is 0. The molecule has 0 spiro atoms. The summed E-state index contributed by atoms with van der Waals surface area (Å²) in [5.41, 5.74) is 7.93. The van der Waals surface area contributed by atoms with E-state index in [1.54, 1.807) is 0 Å². The molecule has 0 saturated carbocycles. The van der Waals surface area contributed by atoms with Gasteiger partial charge in [0.1, 0.15) is 0 Å². The maximum absolute atomic E-state index is 5.98. The highest BCUT2D eigenvalue weighted by molar-refractivity contribution is 6.00. The highest BCUT2D eigenvalue weighted by Gasteiger charge is 2.03. The van der Waals surface area contributed by atoms with Crippen LogP contribution in [0.15, 0.2) is 30.6 Å². The first-order chi connectivity index (χ1) is 9.83. The summed E-state index contributed by atoms with van der Waals surface area (Å²) >= 11 is 0. The molecule has 20 heavy (non-hydrogen) atoms. The molecule has 0 aliphatic heterocycles. The molecule has 0 saturated heterocycles. The van der Waals surface area contributed by atoms with Crippen molar-refractivity contribution in [2.75, 3.05) is 17.6 Å². The number of anilines is 2. The zero-order valence-electron chi connectivity index (χ0n) is 12.4. The Morgan fingerprint density at radius 2 is 1.80 bits per heavy atom. The van der Waals surface area contributed by atoms with Crippen molar-refractivity contribution < 1.29 is 0 Å². The van der Waals surface area contributed by atoms with Crippen LogP contribution in [0.2, 0.25) is 0 Å². The van der Waals surface area contributed by atoms with Crippen molar-refractivity contribution >= 4 is 22.1 Å². The predicted molar refractivity (Wildman–Crippen MR) is 88.0 cm³/mol. The quantitative estimate of drug-likeness (QED) is 0.545. The number of nitrogens with zero attached hydrogens (tertiary/aromatic N) is 1. The second kappa shape index (κ2) is 7.73. The van der Waals surface area contributed by atoms with Gasteiger partial charge in [0.2, 0.25) is 0 Å². The number of hydrogen-bond donors (Lipinski definition) is 2. The first-order valence-electron chi connectivity index (χ1n) is 7.69. The van der Waals surface area contributed by atoms with Crippen LogP contribution in [0.4, 0.5) is 11.4 Å². The molecule has 3 N–H and O–H groups in total. The maximum atomic E-state index is 5.98. The van der Waals surface area contributed by atoms with Crippen LogP contribution in [0.25, 0.3) is 10.8 Å². The average molecular weight is 271 g/mol. The summed E-state index contributed by atoms with van der Waals surface area (Å²) in [6, 6.07) is 6.04. The zero-order chi connectivity index (χ0) is 14.2. The second-order valence-electron chi connectivity index (χ2n) is 5.32. The Kier molecular flexibility index (Phi) is 5.66. The molecular formula is C17H25N3. The van der Waals surface area contributed by atoms with E-state index in [0.29, 0.717) is 0 Å². The van der Waals surface area contributed by atoms with Gasteiger partial charge >= 0.3 is 0 Å². The summed E-state index contributed by atoms with van der Waals surface area (Å²) in [6.45, 7) is 3.27. The molecule has 108 valence electrons. The number of pyridine rings is 1. The third-order valence-electron chi connectivity index (χ3n) is 3.70. The highest BCUT2D eigenvalue weighted by atomic mass is 14.9. The zero-order valence-corrected chi connectivity index (χ0v) is 12.4. The summed E-state index contributed by atoms with van der Waals surface area (Å²) in [5.74, 6) is 0. The largest absolute Gasteiger partial charge is 0.398 e. The molecule has 1 aromatic heterocycles. The normalized spacial score (nSPS) is 10.8. The van der Waals surface area contributed by atoms with Gasteiger partial charge in [0.25, 0.3) is 0 Å². The summed E-state index contributed by atoms with van der Waals surface area (Å²) < 4.78 is 0. The Morgan fingerprint density at radius 1 is 1.00 bits per heavy atom. The third kappa shape index (κ3) is 3.86. The number of hydrogen-bond acceptors (Lipinski definition) is 3. The van der Waals surface area contributed by atoms with E-state index >= 15 is 0 Å².